The Hall–Kier alpha value is -9.59. The van der Waals surface area contributed by atoms with E-state index in [2.05, 4.69) is 159 Å². The van der Waals surface area contributed by atoms with Crippen molar-refractivity contribution in [2.75, 3.05) is 0 Å². The Balaban J connectivity index is 0.000000452. The maximum absolute atomic E-state index is 4.71. The Bertz CT molecular complexity index is 2430. The number of rotatable bonds is 0. The Kier molecular flexibility index (Phi) is 42.5. The van der Waals surface area contributed by atoms with Gasteiger partial charge in [-0.3, -0.25) is 25.4 Å². The molecule has 27 nitrogen and oxygen atoms in total. The lowest BCUT2D eigenvalue weighted by molar-refractivity contribution is 0.374. The molecule has 0 bridgehead atoms. The summed E-state index contributed by atoms with van der Waals surface area (Å²) in [6, 6.07) is 7.96. The van der Waals surface area contributed by atoms with Gasteiger partial charge in [-0.15, -0.1) is 21.5 Å². The third-order valence-corrected chi connectivity index (χ3v) is 10.8. The molecule has 0 aromatic carbocycles. The van der Waals surface area contributed by atoms with E-state index in [1.807, 2.05) is 128 Å². The number of aryl methyl sites for hydroxylation is 14. The van der Waals surface area contributed by atoms with Crippen LogP contribution in [0.5, 0.6) is 0 Å². The van der Waals surface area contributed by atoms with Crippen molar-refractivity contribution in [2.45, 2.75) is 96.9 Å². The molecule has 0 aliphatic carbocycles. The van der Waals surface area contributed by atoms with E-state index in [1.165, 1.54) is 82.5 Å². The molecule has 0 atom stereocenters. The van der Waals surface area contributed by atoms with E-state index in [-0.39, 0.29) is 0 Å². The number of hydrogen-bond acceptors (Lipinski definition) is 26. The summed E-state index contributed by atoms with van der Waals surface area (Å²) in [5, 5.41) is 51.2. The van der Waals surface area contributed by atoms with Crippen LogP contribution < -0.4 is 0 Å². The largest absolute Gasteiger partial charge is 0.472 e. The number of nitrogens with one attached hydrogen (secondary N) is 5. The summed E-state index contributed by atoms with van der Waals surface area (Å²) >= 11 is 6.27. The molecule has 0 aliphatic rings. The molecule has 5 N–H and O–H groups in total. The molecule has 14 rings (SSSR count). The van der Waals surface area contributed by atoms with Gasteiger partial charge in [0.25, 0.3) is 0 Å². The summed E-state index contributed by atoms with van der Waals surface area (Å²) < 4.78 is 30.2. The highest BCUT2D eigenvalue weighted by Crippen LogP contribution is 2.02. The Morgan fingerprint density at radius 2 is 1.29 bits per heavy atom. The molecule has 14 heterocycles. The van der Waals surface area contributed by atoms with Crippen molar-refractivity contribution >= 4 is 45.7 Å². The maximum atomic E-state index is 4.71. The monoisotopic (exact) mass is 1220 g/mol. The predicted octanol–water partition coefficient (Wildman–Crippen LogP) is 12.5. The average Bonchev–Trinajstić information content (AvgIpc) is 4.27. The molecule has 84 heavy (non-hydrogen) atoms. The van der Waals surface area contributed by atoms with Gasteiger partial charge in [-0.2, -0.15) is 41.1 Å². The van der Waals surface area contributed by atoms with Gasteiger partial charge in [0.2, 0.25) is 5.89 Å². The summed E-state index contributed by atoms with van der Waals surface area (Å²) in [6.07, 6.45) is 26.4. The maximum Gasteiger partial charge on any atom is 0.223 e. The number of oxazole rings is 1. The molecule has 0 spiro atoms. The lowest BCUT2D eigenvalue weighted by Gasteiger charge is -1.68. The minimum absolute atomic E-state index is 0.606. The van der Waals surface area contributed by atoms with Crippen molar-refractivity contribution in [3.8, 4) is 0 Å². The SMILES string of the molecule is Cc1cc[nH]c1.Cc1ccn[nH]1.Cc1ccoc1.Cc1ccsc1.Cc1cn[nH]c1.Cc1cnno1.Cc1cnsc1.Cc1cocn1.Cc1conn1.Cc1cscn1.Cc1ncn[nH]1.Cc1ncn[nH]1.Cc1ncno1.Cc1ncns1. The number of hydrogen-bond donors (Lipinski definition) is 5. The van der Waals surface area contributed by atoms with Crippen LogP contribution in [0.1, 0.15) is 78.9 Å². The van der Waals surface area contributed by atoms with E-state index >= 15 is 0 Å². The molecule has 14 aromatic rings. The molecule has 0 saturated heterocycles. The molecule has 0 amide bonds. The molecule has 448 valence electrons. The molecule has 31 heteroatoms. The van der Waals surface area contributed by atoms with Crippen molar-refractivity contribution in [1.82, 2.24) is 110 Å². The average molecular weight is 1230 g/mol. The van der Waals surface area contributed by atoms with Gasteiger partial charge in [-0.25, -0.2) is 24.3 Å². The highest BCUT2D eigenvalue weighted by molar-refractivity contribution is 7.08. The molecular weight excluding hydrogens is 1150 g/mol. The lowest BCUT2D eigenvalue weighted by Crippen LogP contribution is -1.68. The first kappa shape index (κ1) is 72.4. The van der Waals surface area contributed by atoms with E-state index in [0.717, 1.165) is 45.2 Å². The van der Waals surface area contributed by atoms with Crippen LogP contribution in [0.2, 0.25) is 0 Å². The van der Waals surface area contributed by atoms with Crippen LogP contribution in [-0.4, -0.2) is 110 Å². The molecule has 0 unspecified atom stereocenters. The highest BCUT2D eigenvalue weighted by Gasteiger charge is 1.84. The summed E-state index contributed by atoms with van der Waals surface area (Å²) in [7, 11) is 0. The molecule has 0 radical (unpaired) electrons. The van der Waals surface area contributed by atoms with Crippen LogP contribution in [0.3, 0.4) is 0 Å². The smallest absolute Gasteiger partial charge is 0.223 e. The third-order valence-electron chi connectivity index (χ3n) is 7.98. The van der Waals surface area contributed by atoms with Gasteiger partial charge in [0.15, 0.2) is 18.5 Å². The fraction of sp³-hybridized carbons (Fsp3) is 0.264. The number of aromatic amines is 5. The quantitative estimate of drug-likeness (QED) is 0.0941. The van der Waals surface area contributed by atoms with Crippen molar-refractivity contribution in [1.29, 1.82) is 0 Å². The number of thiazole rings is 1. The Labute approximate surface area is 503 Å². The van der Waals surface area contributed by atoms with Crippen LogP contribution in [0.4, 0.5) is 0 Å². The summed E-state index contributed by atoms with van der Waals surface area (Å²) in [5.41, 5.74) is 12.0. The van der Waals surface area contributed by atoms with Crippen LogP contribution in [-0.2, 0) is 0 Å². The zero-order valence-corrected chi connectivity index (χ0v) is 52.5. The van der Waals surface area contributed by atoms with Gasteiger partial charge in [0, 0.05) is 70.6 Å². The number of aromatic nitrogens is 22. The van der Waals surface area contributed by atoms with Crippen LogP contribution >= 0.6 is 45.7 Å². The second kappa shape index (κ2) is 49.2. The Morgan fingerprint density at radius 1 is 0.512 bits per heavy atom. The van der Waals surface area contributed by atoms with Gasteiger partial charge in [-0.1, -0.05) is 5.16 Å². The van der Waals surface area contributed by atoms with Gasteiger partial charge in [0.1, 0.15) is 53.9 Å². The molecule has 14 aromatic heterocycles. The first-order chi connectivity index (χ1) is 40.5. The normalized spacial score (nSPS) is 8.83. The van der Waals surface area contributed by atoms with E-state index < -0.39 is 0 Å². The lowest BCUT2D eigenvalue weighted by atomic mass is 10.4. The molecule has 0 aliphatic heterocycles. The summed E-state index contributed by atoms with van der Waals surface area (Å²) in [4.78, 5) is 25.6. The van der Waals surface area contributed by atoms with E-state index in [0.29, 0.717) is 5.89 Å². The molecule has 0 fully saturated rings. The molecular formula is C53H72N22O5S4. The minimum Gasteiger partial charge on any atom is -0.472 e. The zero-order chi connectivity index (χ0) is 61.7. The van der Waals surface area contributed by atoms with Crippen molar-refractivity contribution in [3.05, 3.63) is 230 Å². The third kappa shape index (κ3) is 47.2. The van der Waals surface area contributed by atoms with E-state index in [9.17, 15) is 0 Å². The van der Waals surface area contributed by atoms with Crippen LogP contribution in [0, 0.1) is 96.9 Å². The predicted molar refractivity (Wildman–Crippen MR) is 324 cm³/mol. The fourth-order valence-corrected chi connectivity index (χ4v) is 6.00. The van der Waals surface area contributed by atoms with E-state index in [4.69, 9.17) is 4.42 Å². The summed E-state index contributed by atoms with van der Waals surface area (Å²) in [6.45, 7) is 27.0. The van der Waals surface area contributed by atoms with Gasteiger partial charge < -0.3 is 27.4 Å². The van der Waals surface area contributed by atoms with Crippen LogP contribution in [0.15, 0.2) is 174 Å². The summed E-state index contributed by atoms with van der Waals surface area (Å²) in [5.74, 6) is 3.06. The molecule has 0 saturated carbocycles. The van der Waals surface area contributed by atoms with Crippen molar-refractivity contribution in [3.63, 3.8) is 0 Å². The highest BCUT2D eigenvalue weighted by atomic mass is 32.1. The number of furan rings is 1. The van der Waals surface area contributed by atoms with Gasteiger partial charge in [0.05, 0.1) is 36.1 Å². The second-order valence-electron chi connectivity index (χ2n) is 16.1. The number of nitrogens with zero attached hydrogens (tertiary/aromatic N) is 17. The number of H-pyrrole nitrogens is 5. The van der Waals surface area contributed by atoms with E-state index in [1.54, 1.807) is 80.2 Å². The Morgan fingerprint density at radius 3 is 1.44 bits per heavy atom. The topological polar surface area (TPSA) is 364 Å². The van der Waals surface area contributed by atoms with Gasteiger partial charge >= 0.3 is 0 Å². The first-order valence-corrected chi connectivity index (χ1v) is 28.1. The zero-order valence-electron chi connectivity index (χ0n) is 49.2. The fourth-order valence-electron chi connectivity index (χ4n) is 3.93. The van der Waals surface area contributed by atoms with Crippen molar-refractivity contribution < 1.29 is 22.4 Å². The van der Waals surface area contributed by atoms with Crippen molar-refractivity contribution in [2.24, 2.45) is 0 Å². The van der Waals surface area contributed by atoms with Gasteiger partial charge in [-0.05, 0) is 176 Å². The standard InChI is InChI=1S/C5H7N.C5H6O.C5H6S.2C4H6N2.C4H5NO.2C4H5NS.2C3H5N3.3C3H4N2O.C3H4N2S/c3*1-5-2-3-6-4-5;1-4-2-5-6-3-4;1-4-2-3-5-6-4;2*1-4-2-6-3-5-4;1-4-2-5-6-3-4;3*1-3-4-2-5-6-3;1-3-2-6-5-4-3;1-3-2-4-5-6-3;1-3-4-2-5-6-3/h2-4,6H,1H3;2*2-4H,1H3;2*2-3H,1H3,(H,5,6);3*2-3H,1H3;2*2H,1H3,(H,4,5,6);4*2H,1H3. The second-order valence-corrected chi connectivity index (χ2v) is 19.2. The first-order valence-electron chi connectivity index (χ1n) is 24.6. The number of thiophene rings is 1. The van der Waals surface area contributed by atoms with Crippen LogP contribution in [0.25, 0.3) is 0 Å². The minimum atomic E-state index is 0.606.